The third-order valence-electron chi connectivity index (χ3n) is 4.55. The summed E-state index contributed by atoms with van der Waals surface area (Å²) in [7, 11) is 0. The number of unbranched alkanes of at least 4 members (excludes halogenated alkanes) is 2. The summed E-state index contributed by atoms with van der Waals surface area (Å²) in [6.07, 6.45) is 6.38. The van der Waals surface area contributed by atoms with Crippen LogP contribution in [-0.4, -0.2) is 74.1 Å². The van der Waals surface area contributed by atoms with E-state index in [1.807, 2.05) is 0 Å². The van der Waals surface area contributed by atoms with Crippen LogP contribution in [0.2, 0.25) is 0 Å². The van der Waals surface area contributed by atoms with Crippen molar-refractivity contribution in [3.63, 3.8) is 0 Å². The van der Waals surface area contributed by atoms with Gasteiger partial charge in [0.25, 0.3) is 5.91 Å². The Bertz CT molecular complexity index is 527. The first-order chi connectivity index (χ1) is 12.7. The highest BCUT2D eigenvalue weighted by atomic mass is 16.5. The summed E-state index contributed by atoms with van der Waals surface area (Å²) < 4.78 is 10.3. The van der Waals surface area contributed by atoms with E-state index in [2.05, 4.69) is 17.1 Å². The fourth-order valence-corrected chi connectivity index (χ4v) is 2.94. The van der Waals surface area contributed by atoms with Gasteiger partial charge in [-0.05, 0) is 12.5 Å². The molecule has 1 aromatic heterocycles. The maximum Gasteiger partial charge on any atom is 0.257 e. The molecule has 2 rings (SSSR count). The minimum Gasteiger partial charge on any atom is -0.472 e. The number of furan rings is 1. The smallest absolute Gasteiger partial charge is 0.257 e. The molecule has 2 amide bonds. The molecule has 26 heavy (non-hydrogen) atoms. The molecule has 1 fully saturated rings. The van der Waals surface area contributed by atoms with Gasteiger partial charge in [-0.3, -0.25) is 14.5 Å². The third kappa shape index (κ3) is 7.17. The van der Waals surface area contributed by atoms with Crippen LogP contribution >= 0.6 is 0 Å². The lowest BCUT2D eigenvalue weighted by molar-refractivity contribution is -0.121. The van der Waals surface area contributed by atoms with Crippen LogP contribution in [0.25, 0.3) is 0 Å². The molecule has 0 aliphatic carbocycles. The van der Waals surface area contributed by atoms with Crippen molar-refractivity contribution in [1.29, 1.82) is 0 Å². The fraction of sp³-hybridized carbons (Fsp3) is 0.684. The molecule has 0 atom stereocenters. The van der Waals surface area contributed by atoms with Gasteiger partial charge in [-0.15, -0.1) is 0 Å². The van der Waals surface area contributed by atoms with Gasteiger partial charge in [-0.1, -0.05) is 19.8 Å². The minimum atomic E-state index is -0.0732. The van der Waals surface area contributed by atoms with Gasteiger partial charge in [0, 0.05) is 45.7 Å². The van der Waals surface area contributed by atoms with Crippen LogP contribution in [0.3, 0.4) is 0 Å². The second kappa shape index (κ2) is 11.7. The highest BCUT2D eigenvalue weighted by Gasteiger charge is 2.17. The zero-order valence-corrected chi connectivity index (χ0v) is 15.7. The number of morpholine rings is 1. The predicted octanol–water partition coefficient (Wildman–Crippen LogP) is 1.75. The number of nitrogens with one attached hydrogen (secondary N) is 1. The Kier molecular flexibility index (Phi) is 9.20. The van der Waals surface area contributed by atoms with Gasteiger partial charge < -0.3 is 19.4 Å². The van der Waals surface area contributed by atoms with Gasteiger partial charge in [0.15, 0.2) is 0 Å². The zero-order chi connectivity index (χ0) is 18.6. The van der Waals surface area contributed by atoms with E-state index < -0.39 is 0 Å². The van der Waals surface area contributed by atoms with Crippen molar-refractivity contribution in [2.24, 2.45) is 0 Å². The molecule has 0 spiro atoms. The van der Waals surface area contributed by atoms with E-state index in [0.717, 1.165) is 52.1 Å². The van der Waals surface area contributed by atoms with Gasteiger partial charge in [-0.2, -0.15) is 0 Å². The van der Waals surface area contributed by atoms with Gasteiger partial charge in [0.1, 0.15) is 6.26 Å². The Morgan fingerprint density at radius 1 is 1.23 bits per heavy atom. The molecular formula is C19H31N3O4. The summed E-state index contributed by atoms with van der Waals surface area (Å²) in [4.78, 5) is 28.7. The van der Waals surface area contributed by atoms with Gasteiger partial charge >= 0.3 is 0 Å². The number of amides is 2. The lowest BCUT2D eigenvalue weighted by Crippen LogP contribution is -2.42. The largest absolute Gasteiger partial charge is 0.472 e. The first-order valence-corrected chi connectivity index (χ1v) is 9.59. The van der Waals surface area contributed by atoms with Crippen LogP contribution in [-0.2, 0) is 9.53 Å². The monoisotopic (exact) mass is 365 g/mol. The van der Waals surface area contributed by atoms with E-state index in [-0.39, 0.29) is 11.8 Å². The van der Waals surface area contributed by atoms with Crippen molar-refractivity contribution >= 4 is 11.8 Å². The Hall–Kier alpha value is -1.86. The number of carbonyl (C=O) groups is 2. The van der Waals surface area contributed by atoms with Crippen LogP contribution in [0.4, 0.5) is 0 Å². The molecule has 1 N–H and O–H groups in total. The van der Waals surface area contributed by atoms with E-state index in [1.54, 1.807) is 11.0 Å². The van der Waals surface area contributed by atoms with E-state index in [9.17, 15) is 9.59 Å². The van der Waals surface area contributed by atoms with Crippen molar-refractivity contribution in [2.75, 3.05) is 52.5 Å². The molecule has 0 aromatic carbocycles. The SMILES string of the molecule is CCCCCN(CCC(=O)NCCN1CCOCC1)C(=O)c1ccoc1. The second-order valence-electron chi connectivity index (χ2n) is 6.57. The Morgan fingerprint density at radius 2 is 2.04 bits per heavy atom. The lowest BCUT2D eigenvalue weighted by Gasteiger charge is -2.26. The maximum atomic E-state index is 12.5. The Morgan fingerprint density at radius 3 is 2.73 bits per heavy atom. The summed E-state index contributed by atoms with van der Waals surface area (Å²) in [5, 5.41) is 2.95. The van der Waals surface area contributed by atoms with Gasteiger partial charge in [0.2, 0.25) is 5.91 Å². The van der Waals surface area contributed by atoms with Crippen molar-refractivity contribution < 1.29 is 18.7 Å². The van der Waals surface area contributed by atoms with Crippen molar-refractivity contribution in [2.45, 2.75) is 32.6 Å². The lowest BCUT2D eigenvalue weighted by atomic mass is 10.2. The molecule has 1 saturated heterocycles. The van der Waals surface area contributed by atoms with Gasteiger partial charge in [-0.25, -0.2) is 0 Å². The first-order valence-electron chi connectivity index (χ1n) is 9.59. The van der Waals surface area contributed by atoms with Crippen LogP contribution in [0.5, 0.6) is 0 Å². The van der Waals surface area contributed by atoms with E-state index in [1.165, 1.54) is 12.5 Å². The normalized spacial score (nSPS) is 15.0. The molecule has 2 heterocycles. The molecule has 1 aromatic rings. The molecule has 0 saturated carbocycles. The Labute approximate surface area is 155 Å². The summed E-state index contributed by atoms with van der Waals surface area (Å²) >= 11 is 0. The predicted molar refractivity (Wildman–Crippen MR) is 99.0 cm³/mol. The summed E-state index contributed by atoms with van der Waals surface area (Å²) in [6, 6.07) is 1.66. The highest BCUT2D eigenvalue weighted by Crippen LogP contribution is 2.08. The number of hydrogen-bond donors (Lipinski definition) is 1. The third-order valence-corrected chi connectivity index (χ3v) is 4.55. The summed E-state index contributed by atoms with van der Waals surface area (Å²) in [6.45, 7) is 8.04. The molecule has 0 bridgehead atoms. The number of ether oxygens (including phenoxy) is 1. The number of nitrogens with zero attached hydrogens (tertiary/aromatic N) is 2. The van der Waals surface area contributed by atoms with E-state index >= 15 is 0 Å². The average molecular weight is 365 g/mol. The summed E-state index contributed by atoms with van der Waals surface area (Å²) in [5.74, 6) is -0.0882. The quantitative estimate of drug-likeness (QED) is 0.605. The van der Waals surface area contributed by atoms with Crippen LogP contribution in [0, 0.1) is 0 Å². The van der Waals surface area contributed by atoms with Crippen molar-refractivity contribution in [1.82, 2.24) is 15.1 Å². The molecule has 0 radical (unpaired) electrons. The summed E-state index contributed by atoms with van der Waals surface area (Å²) in [5.41, 5.74) is 0.536. The van der Waals surface area contributed by atoms with Crippen LogP contribution in [0.15, 0.2) is 23.0 Å². The molecule has 146 valence electrons. The second-order valence-corrected chi connectivity index (χ2v) is 6.57. The molecule has 1 aliphatic heterocycles. The van der Waals surface area contributed by atoms with E-state index in [0.29, 0.717) is 31.6 Å². The van der Waals surface area contributed by atoms with Crippen LogP contribution < -0.4 is 5.32 Å². The molecule has 1 aliphatic rings. The molecular weight excluding hydrogens is 334 g/mol. The van der Waals surface area contributed by atoms with Gasteiger partial charge in [0.05, 0.1) is 25.0 Å². The maximum absolute atomic E-state index is 12.5. The average Bonchev–Trinajstić information content (AvgIpc) is 3.19. The molecule has 0 unspecified atom stereocenters. The van der Waals surface area contributed by atoms with Crippen molar-refractivity contribution in [3.05, 3.63) is 24.2 Å². The zero-order valence-electron chi connectivity index (χ0n) is 15.7. The standard InChI is InChI=1S/C19H31N3O4/c1-2-3-4-8-22(19(24)17-6-13-26-16-17)9-5-18(23)20-7-10-21-11-14-25-15-12-21/h6,13,16H,2-5,7-12,14-15H2,1H3,(H,20,23). The van der Waals surface area contributed by atoms with Crippen molar-refractivity contribution in [3.8, 4) is 0 Å². The minimum absolute atomic E-state index is 0.0151. The molecule has 7 heteroatoms. The molecule has 7 nitrogen and oxygen atoms in total. The first kappa shape index (κ1) is 20.5. The number of rotatable bonds is 11. The van der Waals surface area contributed by atoms with Crippen LogP contribution in [0.1, 0.15) is 43.0 Å². The Balaban J connectivity index is 1.72. The highest BCUT2D eigenvalue weighted by molar-refractivity contribution is 5.94. The topological polar surface area (TPSA) is 75.0 Å². The number of carbonyl (C=O) groups excluding carboxylic acids is 2. The fourth-order valence-electron chi connectivity index (χ4n) is 2.94. The van der Waals surface area contributed by atoms with E-state index in [4.69, 9.17) is 9.15 Å². The number of hydrogen-bond acceptors (Lipinski definition) is 5.